The van der Waals surface area contributed by atoms with Gasteiger partial charge in [0.25, 0.3) is 0 Å². The van der Waals surface area contributed by atoms with Crippen molar-refractivity contribution in [1.29, 1.82) is 0 Å². The minimum absolute atomic E-state index is 0.0219. The molecule has 32 heavy (non-hydrogen) atoms. The lowest BCUT2D eigenvalue weighted by molar-refractivity contribution is -0.120. The van der Waals surface area contributed by atoms with Crippen molar-refractivity contribution >= 4 is 27.6 Å². The van der Waals surface area contributed by atoms with E-state index in [0.717, 1.165) is 16.7 Å². The van der Waals surface area contributed by atoms with Gasteiger partial charge in [-0.1, -0.05) is 12.1 Å². The van der Waals surface area contributed by atoms with Crippen LogP contribution in [0.3, 0.4) is 0 Å². The SMILES string of the molecule is Cc1cncc(-c2ccc(NC(=O)C(C)(C)c3ccnc(NS(=O)(=O)C4CC4)n3)cc2)c1. The predicted octanol–water partition coefficient (Wildman–Crippen LogP) is 3.67. The number of amides is 1. The van der Waals surface area contributed by atoms with Gasteiger partial charge < -0.3 is 5.32 Å². The maximum atomic E-state index is 13.0. The third-order valence-electron chi connectivity index (χ3n) is 5.41. The quantitative estimate of drug-likeness (QED) is 0.567. The van der Waals surface area contributed by atoms with Gasteiger partial charge in [-0.3, -0.25) is 14.5 Å². The van der Waals surface area contributed by atoms with Crippen molar-refractivity contribution in [3.05, 3.63) is 66.2 Å². The summed E-state index contributed by atoms with van der Waals surface area (Å²) in [6.07, 6.45) is 6.33. The molecule has 3 aromatic rings. The number of nitrogens with zero attached hydrogens (tertiary/aromatic N) is 3. The Kier molecular flexibility index (Phi) is 5.68. The van der Waals surface area contributed by atoms with Crippen LogP contribution in [-0.4, -0.2) is 34.5 Å². The van der Waals surface area contributed by atoms with Crippen LogP contribution in [0, 0.1) is 6.92 Å². The first kappa shape index (κ1) is 21.9. The van der Waals surface area contributed by atoms with E-state index in [4.69, 9.17) is 0 Å². The van der Waals surface area contributed by atoms with Gasteiger partial charge in [-0.25, -0.2) is 18.4 Å². The third kappa shape index (κ3) is 4.77. The Bertz CT molecular complexity index is 1250. The van der Waals surface area contributed by atoms with Gasteiger partial charge in [0.1, 0.15) is 0 Å². The molecule has 1 aliphatic rings. The highest BCUT2D eigenvalue weighted by molar-refractivity contribution is 7.93. The van der Waals surface area contributed by atoms with Crippen LogP contribution in [0.15, 0.2) is 55.0 Å². The monoisotopic (exact) mass is 451 g/mol. The Hall–Kier alpha value is -3.33. The summed E-state index contributed by atoms with van der Waals surface area (Å²) >= 11 is 0. The molecule has 0 atom stereocenters. The maximum absolute atomic E-state index is 13.0. The number of rotatable bonds is 7. The molecule has 0 saturated heterocycles. The van der Waals surface area contributed by atoms with Gasteiger partial charge >= 0.3 is 0 Å². The largest absolute Gasteiger partial charge is 0.325 e. The fourth-order valence-electron chi connectivity index (χ4n) is 3.21. The molecule has 0 spiro atoms. The van der Waals surface area contributed by atoms with Gasteiger partial charge in [-0.15, -0.1) is 0 Å². The highest BCUT2D eigenvalue weighted by Gasteiger charge is 2.37. The molecule has 9 heteroatoms. The second-order valence-electron chi connectivity index (χ2n) is 8.52. The molecule has 1 aliphatic carbocycles. The van der Waals surface area contributed by atoms with Crippen LogP contribution in [-0.2, 0) is 20.2 Å². The molecule has 2 aromatic heterocycles. The Morgan fingerprint density at radius 1 is 1.06 bits per heavy atom. The molecular weight excluding hydrogens is 426 g/mol. The lowest BCUT2D eigenvalue weighted by Crippen LogP contribution is -2.36. The second-order valence-corrected chi connectivity index (χ2v) is 10.5. The first-order chi connectivity index (χ1) is 15.1. The fraction of sp³-hybridized carbons (Fsp3) is 0.304. The number of pyridine rings is 1. The molecule has 2 heterocycles. The number of anilines is 2. The molecule has 0 unspecified atom stereocenters. The van der Waals surface area contributed by atoms with Crippen LogP contribution in [0.1, 0.15) is 37.9 Å². The Morgan fingerprint density at radius 2 is 1.78 bits per heavy atom. The van der Waals surface area contributed by atoms with E-state index in [1.807, 2.05) is 37.3 Å². The van der Waals surface area contributed by atoms with Crippen LogP contribution in [0.4, 0.5) is 11.6 Å². The highest BCUT2D eigenvalue weighted by Crippen LogP contribution is 2.30. The number of aromatic nitrogens is 3. The zero-order chi connectivity index (χ0) is 22.9. The summed E-state index contributed by atoms with van der Waals surface area (Å²) in [5.41, 5.74) is 3.14. The molecule has 1 saturated carbocycles. The van der Waals surface area contributed by atoms with Gasteiger partial charge in [0.15, 0.2) is 0 Å². The van der Waals surface area contributed by atoms with E-state index >= 15 is 0 Å². The van der Waals surface area contributed by atoms with E-state index in [-0.39, 0.29) is 17.1 Å². The van der Waals surface area contributed by atoms with E-state index in [1.54, 1.807) is 32.3 Å². The lowest BCUT2D eigenvalue weighted by atomic mass is 9.88. The average Bonchev–Trinajstić information content (AvgIpc) is 3.60. The number of aryl methyl sites for hydroxylation is 1. The smallest absolute Gasteiger partial charge is 0.237 e. The second kappa shape index (κ2) is 8.31. The van der Waals surface area contributed by atoms with E-state index in [9.17, 15) is 13.2 Å². The number of benzene rings is 1. The minimum atomic E-state index is -3.48. The molecule has 1 fully saturated rings. The van der Waals surface area contributed by atoms with Crippen molar-refractivity contribution in [3.63, 3.8) is 0 Å². The van der Waals surface area contributed by atoms with Gasteiger partial charge in [-0.2, -0.15) is 0 Å². The maximum Gasteiger partial charge on any atom is 0.237 e. The molecule has 8 nitrogen and oxygen atoms in total. The Labute approximate surface area is 187 Å². The van der Waals surface area contributed by atoms with Gasteiger partial charge in [-0.05, 0) is 69.0 Å². The van der Waals surface area contributed by atoms with E-state index in [0.29, 0.717) is 24.2 Å². The van der Waals surface area contributed by atoms with Crippen molar-refractivity contribution in [3.8, 4) is 11.1 Å². The molecule has 2 N–H and O–H groups in total. The predicted molar refractivity (Wildman–Crippen MR) is 124 cm³/mol. The molecule has 166 valence electrons. The summed E-state index contributed by atoms with van der Waals surface area (Å²) in [5, 5.41) is 2.53. The van der Waals surface area contributed by atoms with Crippen molar-refractivity contribution in [2.24, 2.45) is 0 Å². The first-order valence-electron chi connectivity index (χ1n) is 10.3. The summed E-state index contributed by atoms with van der Waals surface area (Å²) in [6, 6.07) is 11.2. The third-order valence-corrected chi connectivity index (χ3v) is 7.23. The molecule has 0 radical (unpaired) electrons. The van der Waals surface area contributed by atoms with Crippen LogP contribution in [0.2, 0.25) is 0 Å². The first-order valence-corrected chi connectivity index (χ1v) is 11.9. The molecule has 0 bridgehead atoms. The topological polar surface area (TPSA) is 114 Å². The number of nitrogens with one attached hydrogen (secondary N) is 2. The van der Waals surface area contributed by atoms with Crippen LogP contribution >= 0.6 is 0 Å². The van der Waals surface area contributed by atoms with Crippen LogP contribution < -0.4 is 10.0 Å². The molecular formula is C23H25N5O3S. The normalized spacial score (nSPS) is 14.1. The standard InChI is InChI=1S/C23H25N5O3S/c1-15-12-17(14-24-13-15)16-4-6-18(7-5-16)26-21(29)23(2,3)20-10-11-25-22(27-20)28-32(30,31)19-8-9-19/h4-7,10-14,19H,8-9H2,1-3H3,(H,26,29)(H,25,27,28). The molecule has 4 rings (SSSR count). The summed E-state index contributed by atoms with van der Waals surface area (Å²) < 4.78 is 26.8. The van der Waals surface area contributed by atoms with E-state index in [2.05, 4.69) is 25.0 Å². The number of carbonyl (C=O) groups is 1. The van der Waals surface area contributed by atoms with E-state index in [1.165, 1.54) is 6.20 Å². The minimum Gasteiger partial charge on any atom is -0.325 e. The number of hydrogen-bond donors (Lipinski definition) is 2. The molecule has 1 amide bonds. The van der Waals surface area contributed by atoms with Gasteiger partial charge in [0.05, 0.1) is 16.4 Å². The summed E-state index contributed by atoms with van der Waals surface area (Å²) in [5.74, 6) is -0.288. The summed E-state index contributed by atoms with van der Waals surface area (Å²) in [7, 11) is -3.48. The fourth-order valence-corrected chi connectivity index (χ4v) is 4.48. The zero-order valence-corrected chi connectivity index (χ0v) is 19.0. The number of carbonyl (C=O) groups excluding carboxylic acids is 1. The Morgan fingerprint density at radius 3 is 2.44 bits per heavy atom. The Balaban J connectivity index is 1.48. The van der Waals surface area contributed by atoms with Crippen molar-refractivity contribution in [2.75, 3.05) is 10.0 Å². The average molecular weight is 452 g/mol. The summed E-state index contributed by atoms with van der Waals surface area (Å²) in [4.78, 5) is 25.5. The zero-order valence-electron chi connectivity index (χ0n) is 18.2. The van der Waals surface area contributed by atoms with Crippen molar-refractivity contribution in [2.45, 2.75) is 44.3 Å². The molecule has 0 aliphatic heterocycles. The van der Waals surface area contributed by atoms with Crippen LogP contribution in [0.25, 0.3) is 11.1 Å². The lowest BCUT2D eigenvalue weighted by Gasteiger charge is -2.23. The van der Waals surface area contributed by atoms with Crippen molar-refractivity contribution in [1.82, 2.24) is 15.0 Å². The molecule has 1 aromatic carbocycles. The number of hydrogen-bond acceptors (Lipinski definition) is 6. The van der Waals surface area contributed by atoms with Gasteiger partial charge in [0.2, 0.25) is 21.9 Å². The van der Waals surface area contributed by atoms with Gasteiger partial charge in [0, 0.05) is 29.8 Å². The van der Waals surface area contributed by atoms with Crippen molar-refractivity contribution < 1.29 is 13.2 Å². The van der Waals surface area contributed by atoms with E-state index < -0.39 is 15.4 Å². The highest BCUT2D eigenvalue weighted by atomic mass is 32.2. The summed E-state index contributed by atoms with van der Waals surface area (Å²) in [6.45, 7) is 5.45. The number of sulfonamides is 1. The van der Waals surface area contributed by atoms with Crippen LogP contribution in [0.5, 0.6) is 0 Å².